The van der Waals surface area contributed by atoms with E-state index in [1.165, 1.54) is 0 Å². The standard InChI is InChI=1S/C22H27N3O2/c1-15-10-11-20(16(2)12-15)23-21(26)14-18(4)24-25-22(27)17(3)13-19-8-6-5-7-9-19/h5-12,17H,13-14H2,1-4H3,(H,23,26)(H,25,27)/b24-18+. The highest BCUT2D eigenvalue weighted by molar-refractivity contribution is 6.06. The predicted octanol–water partition coefficient (Wildman–Crippen LogP) is 4.00. The molecule has 0 fully saturated rings. The molecular weight excluding hydrogens is 338 g/mol. The second-order valence-corrected chi connectivity index (χ2v) is 6.96. The van der Waals surface area contributed by atoms with Gasteiger partial charge < -0.3 is 5.32 Å². The summed E-state index contributed by atoms with van der Waals surface area (Å²) in [6, 6.07) is 15.7. The number of hydrogen-bond acceptors (Lipinski definition) is 3. The number of aryl methyl sites for hydroxylation is 2. The van der Waals surface area contributed by atoms with Crippen LogP contribution in [0.5, 0.6) is 0 Å². The maximum atomic E-state index is 12.2. The van der Waals surface area contributed by atoms with Crippen molar-refractivity contribution in [3.05, 3.63) is 65.2 Å². The van der Waals surface area contributed by atoms with E-state index in [0.29, 0.717) is 12.1 Å². The van der Waals surface area contributed by atoms with E-state index >= 15 is 0 Å². The Balaban J connectivity index is 1.83. The van der Waals surface area contributed by atoms with E-state index in [1.807, 2.05) is 69.3 Å². The summed E-state index contributed by atoms with van der Waals surface area (Å²) in [6.45, 7) is 7.55. The SMILES string of the molecule is C/C(CC(=O)Nc1ccc(C)cc1C)=N\NC(=O)C(C)Cc1ccccc1. The summed E-state index contributed by atoms with van der Waals surface area (Å²) in [5, 5.41) is 6.94. The van der Waals surface area contributed by atoms with Crippen LogP contribution in [0.25, 0.3) is 0 Å². The van der Waals surface area contributed by atoms with Gasteiger partial charge in [-0.3, -0.25) is 9.59 Å². The molecule has 0 bridgehead atoms. The minimum atomic E-state index is -0.201. The number of amides is 2. The number of carbonyl (C=O) groups excluding carboxylic acids is 2. The summed E-state index contributed by atoms with van der Waals surface area (Å²) in [6.07, 6.45) is 0.773. The van der Waals surface area contributed by atoms with Crippen molar-refractivity contribution in [2.45, 2.75) is 40.5 Å². The lowest BCUT2D eigenvalue weighted by Crippen LogP contribution is -2.27. The van der Waals surface area contributed by atoms with Gasteiger partial charge in [-0.25, -0.2) is 5.43 Å². The van der Waals surface area contributed by atoms with Crippen LogP contribution >= 0.6 is 0 Å². The van der Waals surface area contributed by atoms with Crippen LogP contribution in [0.1, 0.15) is 37.0 Å². The summed E-state index contributed by atoms with van der Waals surface area (Å²) < 4.78 is 0. The summed E-state index contributed by atoms with van der Waals surface area (Å²) in [5.41, 5.74) is 7.17. The zero-order chi connectivity index (χ0) is 19.8. The van der Waals surface area contributed by atoms with E-state index in [2.05, 4.69) is 15.8 Å². The van der Waals surface area contributed by atoms with Crippen LogP contribution in [-0.2, 0) is 16.0 Å². The highest BCUT2D eigenvalue weighted by Gasteiger charge is 2.13. The molecule has 1 unspecified atom stereocenters. The molecule has 142 valence electrons. The first-order chi connectivity index (χ1) is 12.8. The first kappa shape index (κ1) is 20.4. The largest absolute Gasteiger partial charge is 0.326 e. The van der Waals surface area contributed by atoms with Gasteiger partial charge in [0.15, 0.2) is 0 Å². The fourth-order valence-electron chi connectivity index (χ4n) is 2.74. The third-order valence-corrected chi connectivity index (χ3v) is 4.26. The molecule has 2 aromatic rings. The van der Waals surface area contributed by atoms with Crippen molar-refractivity contribution in [1.82, 2.24) is 5.43 Å². The first-order valence-electron chi connectivity index (χ1n) is 9.09. The second kappa shape index (κ2) is 9.67. The molecule has 27 heavy (non-hydrogen) atoms. The van der Waals surface area contributed by atoms with E-state index in [9.17, 15) is 9.59 Å². The van der Waals surface area contributed by atoms with Crippen LogP contribution in [0.3, 0.4) is 0 Å². The summed E-state index contributed by atoms with van der Waals surface area (Å²) >= 11 is 0. The predicted molar refractivity (Wildman–Crippen MR) is 110 cm³/mol. The van der Waals surface area contributed by atoms with E-state index in [0.717, 1.165) is 22.4 Å². The number of hydrazone groups is 1. The van der Waals surface area contributed by atoms with E-state index < -0.39 is 0 Å². The lowest BCUT2D eigenvalue weighted by molar-refractivity contribution is -0.124. The molecule has 0 aromatic heterocycles. The topological polar surface area (TPSA) is 70.6 Å². The smallest absolute Gasteiger partial charge is 0.243 e. The normalized spacial score (nSPS) is 12.4. The van der Waals surface area contributed by atoms with Crippen LogP contribution in [0.2, 0.25) is 0 Å². The number of benzene rings is 2. The molecule has 0 aliphatic heterocycles. The van der Waals surface area contributed by atoms with Gasteiger partial charge in [0, 0.05) is 17.3 Å². The fraction of sp³-hybridized carbons (Fsp3) is 0.318. The van der Waals surface area contributed by atoms with Crippen molar-refractivity contribution >= 4 is 23.2 Å². The molecule has 5 nitrogen and oxygen atoms in total. The van der Waals surface area contributed by atoms with Gasteiger partial charge in [0.1, 0.15) is 0 Å². The van der Waals surface area contributed by atoms with E-state index in [-0.39, 0.29) is 24.2 Å². The zero-order valence-corrected chi connectivity index (χ0v) is 16.4. The van der Waals surface area contributed by atoms with Gasteiger partial charge in [-0.1, -0.05) is 55.0 Å². The quantitative estimate of drug-likeness (QED) is 0.575. The molecule has 1 atom stereocenters. The molecule has 0 saturated heterocycles. The Labute approximate surface area is 160 Å². The number of nitrogens with one attached hydrogen (secondary N) is 2. The summed E-state index contributed by atoms with van der Waals surface area (Å²) in [4.78, 5) is 24.4. The molecular formula is C22H27N3O2. The molecule has 2 aromatic carbocycles. The Kier molecular flexibility index (Phi) is 7.29. The molecule has 0 saturated carbocycles. The minimum Gasteiger partial charge on any atom is -0.326 e. The number of nitrogens with zero attached hydrogens (tertiary/aromatic N) is 1. The Hall–Kier alpha value is -2.95. The lowest BCUT2D eigenvalue weighted by atomic mass is 10.0. The van der Waals surface area contributed by atoms with Crippen molar-refractivity contribution in [2.24, 2.45) is 11.0 Å². The number of anilines is 1. The third kappa shape index (κ3) is 6.70. The number of hydrogen-bond donors (Lipinski definition) is 2. The molecule has 0 aliphatic carbocycles. The van der Waals surface area contributed by atoms with Gasteiger partial charge in [0.05, 0.1) is 6.42 Å². The molecule has 0 spiro atoms. The molecule has 0 radical (unpaired) electrons. The maximum Gasteiger partial charge on any atom is 0.243 e. The molecule has 2 rings (SSSR count). The third-order valence-electron chi connectivity index (χ3n) is 4.26. The zero-order valence-electron chi connectivity index (χ0n) is 16.4. The molecule has 5 heteroatoms. The fourth-order valence-corrected chi connectivity index (χ4v) is 2.74. The molecule has 0 aliphatic rings. The Bertz CT molecular complexity index is 829. The summed E-state index contributed by atoms with van der Waals surface area (Å²) in [5.74, 6) is -0.518. The average Bonchev–Trinajstić information content (AvgIpc) is 2.62. The Morgan fingerprint density at radius 3 is 2.44 bits per heavy atom. The first-order valence-corrected chi connectivity index (χ1v) is 9.09. The van der Waals surface area contributed by atoms with Crippen molar-refractivity contribution in [1.29, 1.82) is 0 Å². The maximum absolute atomic E-state index is 12.2. The van der Waals surface area contributed by atoms with Crippen LogP contribution in [-0.4, -0.2) is 17.5 Å². The lowest BCUT2D eigenvalue weighted by Gasteiger charge is -2.11. The highest BCUT2D eigenvalue weighted by atomic mass is 16.2. The highest BCUT2D eigenvalue weighted by Crippen LogP contribution is 2.16. The van der Waals surface area contributed by atoms with Crippen molar-refractivity contribution in [3.63, 3.8) is 0 Å². The van der Waals surface area contributed by atoms with Crippen molar-refractivity contribution in [3.8, 4) is 0 Å². The number of rotatable bonds is 7. The Morgan fingerprint density at radius 2 is 1.78 bits per heavy atom. The van der Waals surface area contributed by atoms with Gasteiger partial charge in [-0.05, 0) is 44.4 Å². The molecule has 2 N–H and O–H groups in total. The second-order valence-electron chi connectivity index (χ2n) is 6.96. The van der Waals surface area contributed by atoms with E-state index in [1.54, 1.807) is 6.92 Å². The average molecular weight is 365 g/mol. The van der Waals surface area contributed by atoms with Crippen LogP contribution < -0.4 is 10.7 Å². The minimum absolute atomic E-state index is 0.126. The van der Waals surface area contributed by atoms with Crippen molar-refractivity contribution < 1.29 is 9.59 Å². The number of carbonyl (C=O) groups is 2. The Morgan fingerprint density at radius 1 is 1.07 bits per heavy atom. The monoisotopic (exact) mass is 365 g/mol. The van der Waals surface area contributed by atoms with Gasteiger partial charge in [-0.15, -0.1) is 0 Å². The van der Waals surface area contributed by atoms with Gasteiger partial charge in [-0.2, -0.15) is 5.10 Å². The van der Waals surface area contributed by atoms with Gasteiger partial charge in [0.25, 0.3) is 0 Å². The van der Waals surface area contributed by atoms with Crippen LogP contribution in [0.4, 0.5) is 5.69 Å². The molecule has 0 heterocycles. The van der Waals surface area contributed by atoms with E-state index in [4.69, 9.17) is 0 Å². The summed E-state index contributed by atoms with van der Waals surface area (Å²) in [7, 11) is 0. The van der Waals surface area contributed by atoms with Crippen LogP contribution in [0.15, 0.2) is 53.6 Å². The van der Waals surface area contributed by atoms with Crippen molar-refractivity contribution in [2.75, 3.05) is 5.32 Å². The van der Waals surface area contributed by atoms with Crippen LogP contribution in [0, 0.1) is 19.8 Å². The molecule has 2 amide bonds. The van der Waals surface area contributed by atoms with Gasteiger partial charge in [0.2, 0.25) is 11.8 Å². The van der Waals surface area contributed by atoms with Gasteiger partial charge >= 0.3 is 0 Å².